The quantitative estimate of drug-likeness (QED) is 0.769. The average Bonchev–Trinajstić information content (AvgIpc) is 2.23. The van der Waals surface area contributed by atoms with E-state index in [1.54, 1.807) is 6.92 Å². The van der Waals surface area contributed by atoms with E-state index in [4.69, 9.17) is 5.11 Å². The van der Waals surface area contributed by atoms with Crippen LogP contribution in [0.3, 0.4) is 0 Å². The highest BCUT2D eigenvalue weighted by Crippen LogP contribution is 2.09. The van der Waals surface area contributed by atoms with Crippen LogP contribution in [0.25, 0.3) is 0 Å². The van der Waals surface area contributed by atoms with Gasteiger partial charge in [0.05, 0.1) is 0 Å². The van der Waals surface area contributed by atoms with E-state index in [0.717, 1.165) is 0 Å². The smallest absolute Gasteiger partial charge is 0.303 e. The number of amides is 1. The zero-order chi connectivity index (χ0) is 12.8. The maximum absolute atomic E-state index is 12.8. The van der Waals surface area contributed by atoms with E-state index < -0.39 is 5.97 Å². The molecule has 0 saturated heterocycles. The second-order valence-corrected chi connectivity index (χ2v) is 3.71. The third-order valence-electron chi connectivity index (χ3n) is 2.29. The largest absolute Gasteiger partial charge is 0.481 e. The number of rotatable bonds is 5. The van der Waals surface area contributed by atoms with Gasteiger partial charge in [0.15, 0.2) is 0 Å². The van der Waals surface area contributed by atoms with Crippen LogP contribution in [-0.2, 0) is 4.79 Å². The van der Waals surface area contributed by atoms with Gasteiger partial charge in [-0.2, -0.15) is 0 Å². The fourth-order valence-corrected chi connectivity index (χ4v) is 1.42. The summed E-state index contributed by atoms with van der Waals surface area (Å²) in [4.78, 5) is 21.9. The topological polar surface area (TPSA) is 66.4 Å². The van der Waals surface area contributed by atoms with Crippen LogP contribution in [0.4, 0.5) is 4.39 Å². The van der Waals surface area contributed by atoms with Crippen LogP contribution < -0.4 is 5.32 Å². The Labute approximate surface area is 98.5 Å². The van der Waals surface area contributed by atoms with E-state index in [9.17, 15) is 14.0 Å². The molecule has 5 heteroatoms. The van der Waals surface area contributed by atoms with Crippen LogP contribution in [0.2, 0.25) is 0 Å². The number of halogens is 1. The summed E-state index contributed by atoms with van der Waals surface area (Å²) >= 11 is 0. The highest BCUT2D eigenvalue weighted by atomic mass is 19.1. The molecule has 1 aromatic carbocycles. The van der Waals surface area contributed by atoms with E-state index in [-0.39, 0.29) is 18.1 Å². The maximum atomic E-state index is 12.8. The van der Waals surface area contributed by atoms with Crippen molar-refractivity contribution in [2.24, 2.45) is 0 Å². The zero-order valence-electron chi connectivity index (χ0n) is 9.50. The van der Waals surface area contributed by atoms with E-state index in [1.165, 1.54) is 18.2 Å². The predicted molar refractivity (Wildman–Crippen MR) is 60.3 cm³/mol. The van der Waals surface area contributed by atoms with Crippen molar-refractivity contribution in [1.82, 2.24) is 5.32 Å². The van der Waals surface area contributed by atoms with Gasteiger partial charge in [-0.1, -0.05) is 0 Å². The van der Waals surface area contributed by atoms with Gasteiger partial charge >= 0.3 is 5.97 Å². The number of carboxylic acid groups (broad SMARTS) is 1. The molecule has 0 aliphatic rings. The summed E-state index contributed by atoms with van der Waals surface area (Å²) in [6, 6.07) is 3.92. The van der Waals surface area contributed by atoms with Gasteiger partial charge in [0.25, 0.3) is 5.91 Å². The molecule has 0 aliphatic heterocycles. The van der Waals surface area contributed by atoms with Crippen molar-refractivity contribution in [2.45, 2.75) is 19.8 Å². The van der Waals surface area contributed by atoms with Crippen LogP contribution in [0, 0.1) is 12.7 Å². The summed E-state index contributed by atoms with van der Waals surface area (Å²) in [7, 11) is 0. The normalized spacial score (nSPS) is 10.0. The van der Waals surface area contributed by atoms with Crippen LogP contribution in [0.5, 0.6) is 0 Å². The van der Waals surface area contributed by atoms with Gasteiger partial charge in [-0.15, -0.1) is 0 Å². The summed E-state index contributed by atoms with van der Waals surface area (Å²) in [6.45, 7) is 1.94. The first kappa shape index (κ1) is 13.2. The van der Waals surface area contributed by atoms with E-state index in [0.29, 0.717) is 24.1 Å². The molecule has 0 aromatic heterocycles. The molecule has 0 unspecified atom stereocenters. The van der Waals surface area contributed by atoms with E-state index >= 15 is 0 Å². The molecule has 0 bridgehead atoms. The molecule has 0 fully saturated rings. The van der Waals surface area contributed by atoms with Crippen LogP contribution in [0.15, 0.2) is 18.2 Å². The first-order valence-corrected chi connectivity index (χ1v) is 5.27. The molecule has 1 aromatic rings. The number of carboxylic acids is 1. The highest BCUT2D eigenvalue weighted by Gasteiger charge is 2.08. The molecule has 0 atom stereocenters. The molecule has 1 rings (SSSR count). The number of hydrogen-bond donors (Lipinski definition) is 2. The third-order valence-corrected chi connectivity index (χ3v) is 2.29. The highest BCUT2D eigenvalue weighted by molar-refractivity contribution is 5.95. The number of carbonyl (C=O) groups excluding carboxylic acids is 1. The first-order chi connectivity index (χ1) is 8.00. The Morgan fingerprint density at radius 1 is 1.41 bits per heavy atom. The second-order valence-electron chi connectivity index (χ2n) is 3.71. The Morgan fingerprint density at radius 3 is 2.71 bits per heavy atom. The molecule has 92 valence electrons. The van der Waals surface area contributed by atoms with Crippen LogP contribution in [0.1, 0.15) is 28.8 Å². The molecule has 0 spiro atoms. The Bertz CT molecular complexity index is 432. The van der Waals surface area contributed by atoms with Crippen molar-refractivity contribution in [3.63, 3.8) is 0 Å². The lowest BCUT2D eigenvalue weighted by atomic mass is 10.1. The second kappa shape index (κ2) is 5.98. The van der Waals surface area contributed by atoms with Crippen molar-refractivity contribution in [2.75, 3.05) is 6.54 Å². The molecule has 0 radical (unpaired) electrons. The van der Waals surface area contributed by atoms with Crippen LogP contribution in [-0.4, -0.2) is 23.5 Å². The van der Waals surface area contributed by atoms with E-state index in [1.807, 2.05) is 0 Å². The van der Waals surface area contributed by atoms with Crippen LogP contribution >= 0.6 is 0 Å². The molecular formula is C12H14FNO3. The summed E-state index contributed by atoms with van der Waals surface area (Å²) < 4.78 is 12.8. The lowest BCUT2D eigenvalue weighted by Gasteiger charge is -2.06. The van der Waals surface area contributed by atoms with Crippen molar-refractivity contribution in [3.8, 4) is 0 Å². The number of carbonyl (C=O) groups is 2. The minimum absolute atomic E-state index is 0.0165. The SMILES string of the molecule is Cc1cc(F)ccc1C(=O)NCCCC(=O)O. The third kappa shape index (κ3) is 4.22. The first-order valence-electron chi connectivity index (χ1n) is 5.27. The summed E-state index contributed by atoms with van der Waals surface area (Å²) in [5.41, 5.74) is 0.961. The van der Waals surface area contributed by atoms with Gasteiger partial charge in [-0.05, 0) is 37.1 Å². The molecule has 17 heavy (non-hydrogen) atoms. The van der Waals surface area contributed by atoms with Gasteiger partial charge in [0.1, 0.15) is 5.82 Å². The molecule has 0 aliphatic carbocycles. The van der Waals surface area contributed by atoms with Crippen molar-refractivity contribution in [1.29, 1.82) is 0 Å². The Kier molecular flexibility index (Phi) is 4.63. The van der Waals surface area contributed by atoms with Crippen molar-refractivity contribution in [3.05, 3.63) is 35.1 Å². The number of aryl methyl sites for hydroxylation is 1. The molecule has 0 saturated carbocycles. The molecule has 0 heterocycles. The summed E-state index contributed by atoms with van der Waals surface area (Å²) in [6.07, 6.45) is 0.393. The minimum atomic E-state index is -0.891. The standard InChI is InChI=1S/C12H14FNO3/c1-8-7-9(13)4-5-10(8)12(17)14-6-2-3-11(15)16/h4-5,7H,2-3,6H2,1H3,(H,14,17)(H,15,16). The lowest BCUT2D eigenvalue weighted by molar-refractivity contribution is -0.137. The fraction of sp³-hybridized carbons (Fsp3) is 0.333. The van der Waals surface area contributed by atoms with Gasteiger partial charge in [0, 0.05) is 18.5 Å². The maximum Gasteiger partial charge on any atom is 0.303 e. The van der Waals surface area contributed by atoms with Gasteiger partial charge in [0.2, 0.25) is 0 Å². The fourth-order valence-electron chi connectivity index (χ4n) is 1.42. The number of benzene rings is 1. The predicted octanol–water partition coefficient (Wildman–Crippen LogP) is 1.73. The monoisotopic (exact) mass is 239 g/mol. The number of aliphatic carboxylic acids is 1. The summed E-state index contributed by atoms with van der Waals surface area (Å²) in [5, 5.41) is 11.0. The molecule has 4 nitrogen and oxygen atoms in total. The van der Waals surface area contributed by atoms with Crippen molar-refractivity contribution < 1.29 is 19.1 Å². The lowest BCUT2D eigenvalue weighted by Crippen LogP contribution is -2.25. The Morgan fingerprint density at radius 2 is 2.12 bits per heavy atom. The van der Waals surface area contributed by atoms with E-state index in [2.05, 4.69) is 5.32 Å². The molecule has 2 N–H and O–H groups in total. The van der Waals surface area contributed by atoms with Crippen molar-refractivity contribution >= 4 is 11.9 Å². The summed E-state index contributed by atoms with van der Waals surface area (Å²) in [5.74, 6) is -1.59. The Hall–Kier alpha value is -1.91. The van der Waals surface area contributed by atoms with Gasteiger partial charge in [-0.3, -0.25) is 9.59 Å². The minimum Gasteiger partial charge on any atom is -0.481 e. The zero-order valence-corrected chi connectivity index (χ0v) is 9.50. The number of nitrogens with one attached hydrogen (secondary N) is 1. The number of hydrogen-bond acceptors (Lipinski definition) is 2. The Balaban J connectivity index is 2.50. The van der Waals surface area contributed by atoms with Gasteiger partial charge < -0.3 is 10.4 Å². The average molecular weight is 239 g/mol. The molecule has 1 amide bonds. The van der Waals surface area contributed by atoms with Gasteiger partial charge in [-0.25, -0.2) is 4.39 Å². The molecular weight excluding hydrogens is 225 g/mol.